The lowest BCUT2D eigenvalue weighted by Crippen LogP contribution is -2.27. The molecule has 0 bridgehead atoms. The van der Waals surface area contributed by atoms with Crippen LogP contribution in [0.15, 0.2) is 48.7 Å². The first-order valence-corrected chi connectivity index (χ1v) is 7.43. The smallest absolute Gasteiger partial charge is 0.220 e. The number of ketones is 1. The fourth-order valence-electron chi connectivity index (χ4n) is 2.03. The van der Waals surface area contributed by atoms with Crippen molar-refractivity contribution >= 4 is 23.3 Å². The van der Waals surface area contributed by atoms with Gasteiger partial charge in [0.05, 0.1) is 11.7 Å². The maximum atomic E-state index is 12.0. The molecule has 5 heteroatoms. The Morgan fingerprint density at radius 1 is 1.14 bits per heavy atom. The lowest BCUT2D eigenvalue weighted by atomic mass is 10.1. The molecule has 114 valence electrons. The number of carbonyl (C=O) groups excluding carboxylic acids is 2. The minimum Gasteiger partial charge on any atom is -0.348 e. The van der Waals surface area contributed by atoms with Gasteiger partial charge in [-0.15, -0.1) is 0 Å². The van der Waals surface area contributed by atoms with Crippen molar-refractivity contribution in [2.24, 2.45) is 0 Å². The Hall–Kier alpha value is -2.20. The summed E-state index contributed by atoms with van der Waals surface area (Å²) < 4.78 is 0. The number of rotatable bonds is 6. The van der Waals surface area contributed by atoms with Crippen molar-refractivity contribution in [2.45, 2.75) is 25.8 Å². The van der Waals surface area contributed by atoms with Gasteiger partial charge in [-0.2, -0.15) is 0 Å². The van der Waals surface area contributed by atoms with Gasteiger partial charge in [-0.3, -0.25) is 14.6 Å². The molecule has 0 aliphatic heterocycles. The quantitative estimate of drug-likeness (QED) is 0.829. The average Bonchev–Trinajstić information content (AvgIpc) is 2.54. The van der Waals surface area contributed by atoms with Crippen LogP contribution in [0.5, 0.6) is 0 Å². The molecule has 1 unspecified atom stereocenters. The number of amides is 1. The molecular weight excluding hydrogens is 300 g/mol. The van der Waals surface area contributed by atoms with Gasteiger partial charge in [0.15, 0.2) is 5.78 Å². The fraction of sp³-hybridized carbons (Fsp3) is 0.235. The standard InChI is InChI=1S/C17H17ClN2O2/c1-12(15-4-2-3-11-19-15)20-17(22)10-9-16(21)13-5-7-14(18)8-6-13/h2-8,11-12H,9-10H2,1H3,(H,20,22). The highest BCUT2D eigenvalue weighted by atomic mass is 35.5. The van der Waals surface area contributed by atoms with Gasteiger partial charge in [0.1, 0.15) is 0 Å². The van der Waals surface area contributed by atoms with Crippen molar-refractivity contribution in [1.82, 2.24) is 10.3 Å². The first-order chi connectivity index (χ1) is 10.6. The molecule has 0 aliphatic carbocycles. The summed E-state index contributed by atoms with van der Waals surface area (Å²) in [6, 6.07) is 12.0. The van der Waals surface area contributed by atoms with E-state index in [-0.39, 0.29) is 30.6 Å². The van der Waals surface area contributed by atoms with Gasteiger partial charge in [0, 0.05) is 29.6 Å². The number of hydrogen-bond donors (Lipinski definition) is 1. The van der Waals surface area contributed by atoms with E-state index in [0.717, 1.165) is 5.69 Å². The molecule has 4 nitrogen and oxygen atoms in total. The number of pyridine rings is 1. The molecule has 0 saturated heterocycles. The van der Waals surface area contributed by atoms with E-state index in [1.807, 2.05) is 25.1 Å². The molecule has 1 heterocycles. The van der Waals surface area contributed by atoms with E-state index in [1.165, 1.54) is 0 Å². The molecule has 2 rings (SSSR count). The number of aromatic nitrogens is 1. The molecule has 1 aromatic heterocycles. The largest absolute Gasteiger partial charge is 0.348 e. The Morgan fingerprint density at radius 3 is 2.50 bits per heavy atom. The second-order valence-corrected chi connectivity index (χ2v) is 5.41. The van der Waals surface area contributed by atoms with E-state index in [2.05, 4.69) is 10.3 Å². The number of Topliss-reactive ketones (excluding diaryl/α,β-unsaturated/α-hetero) is 1. The van der Waals surface area contributed by atoms with E-state index in [0.29, 0.717) is 10.6 Å². The number of halogens is 1. The highest BCUT2D eigenvalue weighted by Crippen LogP contribution is 2.12. The van der Waals surface area contributed by atoms with Gasteiger partial charge in [-0.1, -0.05) is 17.7 Å². The molecule has 1 aromatic carbocycles. The Bertz CT molecular complexity index is 641. The van der Waals surface area contributed by atoms with Gasteiger partial charge in [0.2, 0.25) is 5.91 Å². The third kappa shape index (κ3) is 4.67. The van der Waals surface area contributed by atoms with Crippen LogP contribution in [0.4, 0.5) is 0 Å². The summed E-state index contributed by atoms with van der Waals surface area (Å²) in [7, 11) is 0. The monoisotopic (exact) mass is 316 g/mol. The van der Waals surface area contributed by atoms with Crippen LogP contribution in [-0.4, -0.2) is 16.7 Å². The summed E-state index contributed by atoms with van der Waals surface area (Å²) in [4.78, 5) is 28.1. The minimum atomic E-state index is -0.181. The van der Waals surface area contributed by atoms with Gasteiger partial charge >= 0.3 is 0 Å². The third-order valence-corrected chi connectivity index (χ3v) is 3.51. The Balaban J connectivity index is 1.82. The van der Waals surface area contributed by atoms with Crippen molar-refractivity contribution in [3.63, 3.8) is 0 Å². The first-order valence-electron chi connectivity index (χ1n) is 7.05. The molecule has 0 spiro atoms. The van der Waals surface area contributed by atoms with E-state index < -0.39 is 0 Å². The molecule has 1 atom stereocenters. The van der Waals surface area contributed by atoms with Gasteiger partial charge in [-0.05, 0) is 43.3 Å². The van der Waals surface area contributed by atoms with E-state index in [9.17, 15) is 9.59 Å². The summed E-state index contributed by atoms with van der Waals surface area (Å²) in [6.45, 7) is 1.86. The van der Waals surface area contributed by atoms with Crippen LogP contribution < -0.4 is 5.32 Å². The Kier molecular flexibility index (Phi) is 5.67. The molecule has 0 aliphatic rings. The van der Waals surface area contributed by atoms with Gasteiger partial charge in [0.25, 0.3) is 0 Å². The molecule has 2 aromatic rings. The number of nitrogens with zero attached hydrogens (tertiary/aromatic N) is 1. The molecule has 0 fully saturated rings. The molecule has 0 saturated carbocycles. The number of carbonyl (C=O) groups is 2. The zero-order valence-electron chi connectivity index (χ0n) is 12.3. The normalized spacial score (nSPS) is 11.7. The van der Waals surface area contributed by atoms with Crippen LogP contribution in [0.3, 0.4) is 0 Å². The maximum absolute atomic E-state index is 12.0. The molecule has 1 amide bonds. The number of benzene rings is 1. The zero-order chi connectivity index (χ0) is 15.9. The van der Waals surface area contributed by atoms with Crippen molar-refractivity contribution < 1.29 is 9.59 Å². The lowest BCUT2D eigenvalue weighted by Gasteiger charge is -2.13. The third-order valence-electron chi connectivity index (χ3n) is 3.25. The summed E-state index contributed by atoms with van der Waals surface area (Å²) in [5.41, 5.74) is 1.36. The fourth-order valence-corrected chi connectivity index (χ4v) is 2.15. The van der Waals surface area contributed by atoms with Crippen molar-refractivity contribution in [2.75, 3.05) is 0 Å². The van der Waals surface area contributed by atoms with Crippen LogP contribution >= 0.6 is 11.6 Å². The highest BCUT2D eigenvalue weighted by molar-refractivity contribution is 6.30. The number of hydrogen-bond acceptors (Lipinski definition) is 3. The second-order valence-electron chi connectivity index (χ2n) is 4.97. The lowest BCUT2D eigenvalue weighted by molar-refractivity contribution is -0.121. The molecule has 22 heavy (non-hydrogen) atoms. The zero-order valence-corrected chi connectivity index (χ0v) is 13.0. The molecular formula is C17H17ClN2O2. The van der Waals surface area contributed by atoms with Crippen LogP contribution in [-0.2, 0) is 4.79 Å². The summed E-state index contributed by atoms with van der Waals surface area (Å²) in [6.07, 6.45) is 2.00. The topological polar surface area (TPSA) is 59.1 Å². The first kappa shape index (κ1) is 16.2. The van der Waals surface area contributed by atoms with E-state index >= 15 is 0 Å². The minimum absolute atomic E-state index is 0.0719. The predicted octanol–water partition coefficient (Wildman–Crippen LogP) is 3.58. The molecule has 1 N–H and O–H groups in total. The van der Waals surface area contributed by atoms with E-state index in [4.69, 9.17) is 11.6 Å². The van der Waals surface area contributed by atoms with E-state index in [1.54, 1.807) is 30.5 Å². The summed E-state index contributed by atoms with van der Waals surface area (Å²) >= 11 is 5.78. The Labute approximate surface area is 134 Å². The van der Waals surface area contributed by atoms with Crippen molar-refractivity contribution in [3.8, 4) is 0 Å². The number of nitrogens with one attached hydrogen (secondary N) is 1. The SMILES string of the molecule is CC(NC(=O)CCC(=O)c1ccc(Cl)cc1)c1ccccn1. The van der Waals surface area contributed by atoms with Crippen LogP contribution in [0.1, 0.15) is 41.9 Å². The molecule has 0 radical (unpaired) electrons. The summed E-state index contributed by atoms with van der Waals surface area (Å²) in [5.74, 6) is -0.238. The van der Waals surface area contributed by atoms with Crippen LogP contribution in [0.2, 0.25) is 5.02 Å². The highest BCUT2D eigenvalue weighted by Gasteiger charge is 2.13. The van der Waals surface area contributed by atoms with Crippen molar-refractivity contribution in [1.29, 1.82) is 0 Å². The Morgan fingerprint density at radius 2 is 1.86 bits per heavy atom. The van der Waals surface area contributed by atoms with Crippen LogP contribution in [0, 0.1) is 0 Å². The van der Waals surface area contributed by atoms with Crippen LogP contribution in [0.25, 0.3) is 0 Å². The predicted molar refractivity (Wildman–Crippen MR) is 85.8 cm³/mol. The summed E-state index contributed by atoms with van der Waals surface area (Å²) in [5, 5.41) is 3.42. The maximum Gasteiger partial charge on any atom is 0.220 e. The second kappa shape index (κ2) is 7.71. The van der Waals surface area contributed by atoms with Crippen molar-refractivity contribution in [3.05, 3.63) is 64.9 Å². The van der Waals surface area contributed by atoms with Gasteiger partial charge < -0.3 is 5.32 Å². The van der Waals surface area contributed by atoms with Gasteiger partial charge in [-0.25, -0.2) is 0 Å². The average molecular weight is 317 g/mol.